The minimum absolute atomic E-state index is 0.0370. The Morgan fingerprint density at radius 2 is 1.69 bits per heavy atom. The van der Waals surface area contributed by atoms with Crippen LogP contribution in [-0.4, -0.2) is 51.3 Å². The second-order valence-electron chi connectivity index (χ2n) is 3.47. The van der Waals surface area contributed by atoms with E-state index < -0.39 is 20.2 Å². The van der Waals surface area contributed by atoms with Crippen LogP contribution < -0.4 is 0 Å². The van der Waals surface area contributed by atoms with Crippen LogP contribution in [0.3, 0.4) is 0 Å². The molecule has 0 aromatic heterocycles. The van der Waals surface area contributed by atoms with Crippen molar-refractivity contribution >= 4 is 31.1 Å². The molecule has 1 aliphatic heterocycles. The Kier molecular flexibility index (Phi) is 6.26. The van der Waals surface area contributed by atoms with Crippen molar-refractivity contribution in [1.29, 1.82) is 0 Å². The summed E-state index contributed by atoms with van der Waals surface area (Å²) in [6.07, 6.45) is 5.77. The van der Waals surface area contributed by atoms with Gasteiger partial charge in [0.1, 0.15) is 12.0 Å². The quantitative estimate of drug-likeness (QED) is 0.386. The fourth-order valence-corrected chi connectivity index (χ4v) is 4.03. The van der Waals surface area contributed by atoms with Crippen LogP contribution in [0.2, 0.25) is 0 Å². The molecule has 0 spiro atoms. The Bertz CT molecular complexity index is 390. The Morgan fingerprint density at radius 3 is 1.94 bits per heavy atom. The van der Waals surface area contributed by atoms with E-state index in [-0.39, 0.29) is 16.3 Å². The van der Waals surface area contributed by atoms with Gasteiger partial charge < -0.3 is 4.55 Å². The summed E-state index contributed by atoms with van der Waals surface area (Å²) >= 11 is 0. The van der Waals surface area contributed by atoms with Crippen molar-refractivity contribution < 1.29 is 25.6 Å². The summed E-state index contributed by atoms with van der Waals surface area (Å²) in [4.78, 5) is 0. The topological polar surface area (TPSA) is 101 Å². The Hall–Kier alpha value is 0.170. The maximum absolute atomic E-state index is 10.7. The SMILES string of the molecule is CS(=O)(=O)[O-].C[S+]1CCCC1OS(C)(=O)=O. The first-order valence-electron chi connectivity index (χ1n) is 4.39. The first-order valence-corrected chi connectivity index (χ1v) is 9.89. The van der Waals surface area contributed by atoms with Crippen LogP contribution in [0.1, 0.15) is 12.8 Å². The van der Waals surface area contributed by atoms with Crippen LogP contribution in [0, 0.1) is 0 Å². The summed E-state index contributed by atoms with van der Waals surface area (Å²) in [5.41, 5.74) is -0.0370. The van der Waals surface area contributed by atoms with Crippen LogP contribution in [0.4, 0.5) is 0 Å². The maximum atomic E-state index is 10.7. The van der Waals surface area contributed by atoms with Crippen LogP contribution in [0.25, 0.3) is 0 Å². The van der Waals surface area contributed by atoms with Crippen molar-refractivity contribution in [2.75, 3.05) is 24.5 Å². The lowest BCUT2D eigenvalue weighted by Gasteiger charge is -2.05. The van der Waals surface area contributed by atoms with E-state index in [0.29, 0.717) is 6.26 Å². The standard InChI is InChI=1S/C6H13O3S2.CH4O3S/c1-10-5-3-4-6(10)9-11(2,7)8;1-5(2,3)4/h6H,3-5H2,1-2H3;1H3,(H,2,3,4)/q+1;/p-1. The first-order chi connectivity index (χ1) is 6.99. The van der Waals surface area contributed by atoms with E-state index in [4.69, 9.17) is 17.2 Å². The molecule has 0 bridgehead atoms. The van der Waals surface area contributed by atoms with Gasteiger partial charge in [-0.2, -0.15) is 8.42 Å². The van der Waals surface area contributed by atoms with Gasteiger partial charge in [-0.15, -0.1) is 0 Å². The molecular formula is C7H16O6S3. The molecule has 1 fully saturated rings. The molecule has 0 radical (unpaired) electrons. The predicted molar refractivity (Wildman–Crippen MR) is 62.7 cm³/mol. The smallest absolute Gasteiger partial charge is 0.268 e. The molecule has 0 N–H and O–H groups in total. The van der Waals surface area contributed by atoms with Crippen molar-refractivity contribution in [3.05, 3.63) is 0 Å². The third kappa shape index (κ3) is 10.7. The lowest BCUT2D eigenvalue weighted by molar-refractivity contribution is 0.289. The maximum Gasteiger partial charge on any atom is 0.268 e. The summed E-state index contributed by atoms with van der Waals surface area (Å²) in [6.45, 7) is 0. The first kappa shape index (κ1) is 16.2. The van der Waals surface area contributed by atoms with Crippen LogP contribution in [0.5, 0.6) is 0 Å². The zero-order chi connectivity index (χ0) is 13.0. The van der Waals surface area contributed by atoms with Crippen molar-refractivity contribution in [3.63, 3.8) is 0 Å². The lowest BCUT2D eigenvalue weighted by atomic mass is 10.4. The van der Waals surface area contributed by atoms with E-state index in [1.807, 2.05) is 0 Å². The van der Waals surface area contributed by atoms with Gasteiger partial charge in [-0.05, 0) is 6.42 Å². The number of hydrogen-bond donors (Lipinski definition) is 0. The average molecular weight is 292 g/mol. The van der Waals surface area contributed by atoms with Crippen LogP contribution in [-0.2, 0) is 35.3 Å². The van der Waals surface area contributed by atoms with E-state index in [0.717, 1.165) is 24.9 Å². The van der Waals surface area contributed by atoms with Gasteiger partial charge in [-0.25, -0.2) is 12.6 Å². The fraction of sp³-hybridized carbons (Fsp3) is 1.00. The molecule has 0 saturated carbocycles. The van der Waals surface area contributed by atoms with Crippen molar-refractivity contribution in [2.45, 2.75) is 18.3 Å². The predicted octanol–water partition coefficient (Wildman–Crippen LogP) is -0.508. The van der Waals surface area contributed by atoms with Crippen molar-refractivity contribution in [2.24, 2.45) is 0 Å². The third-order valence-electron chi connectivity index (χ3n) is 1.64. The molecular weight excluding hydrogens is 276 g/mol. The highest BCUT2D eigenvalue weighted by Crippen LogP contribution is 2.22. The molecule has 0 aliphatic carbocycles. The summed E-state index contributed by atoms with van der Waals surface area (Å²) in [7, 11) is -7.01. The third-order valence-corrected chi connectivity index (χ3v) is 4.50. The molecule has 2 atom stereocenters. The van der Waals surface area contributed by atoms with E-state index in [1.165, 1.54) is 0 Å². The van der Waals surface area contributed by atoms with Gasteiger partial charge in [-0.1, -0.05) is 0 Å². The zero-order valence-electron chi connectivity index (χ0n) is 9.37. The molecule has 1 heterocycles. The second kappa shape index (κ2) is 6.20. The Balaban J connectivity index is 0.000000385. The fourth-order valence-electron chi connectivity index (χ4n) is 1.12. The lowest BCUT2D eigenvalue weighted by Crippen LogP contribution is -2.21. The van der Waals surface area contributed by atoms with Gasteiger partial charge in [0.25, 0.3) is 10.1 Å². The van der Waals surface area contributed by atoms with E-state index in [9.17, 15) is 8.42 Å². The molecule has 6 nitrogen and oxygen atoms in total. The highest BCUT2D eigenvalue weighted by atomic mass is 32.2. The average Bonchev–Trinajstić information content (AvgIpc) is 2.29. The normalized spacial score (nSPS) is 26.0. The summed E-state index contributed by atoms with van der Waals surface area (Å²) in [6, 6.07) is 0. The van der Waals surface area contributed by atoms with Gasteiger partial charge in [-0.3, -0.25) is 0 Å². The molecule has 1 aliphatic rings. The van der Waals surface area contributed by atoms with Gasteiger partial charge in [0.05, 0.1) is 16.4 Å². The van der Waals surface area contributed by atoms with Gasteiger partial charge in [0.2, 0.25) is 5.44 Å². The molecule has 0 amide bonds. The minimum atomic E-state index is -3.92. The molecule has 98 valence electrons. The summed E-state index contributed by atoms with van der Waals surface area (Å²) in [5, 5.41) is 0. The zero-order valence-corrected chi connectivity index (χ0v) is 11.8. The van der Waals surface area contributed by atoms with Crippen molar-refractivity contribution in [3.8, 4) is 0 Å². The molecule has 0 aromatic rings. The molecule has 16 heavy (non-hydrogen) atoms. The minimum Gasteiger partial charge on any atom is -0.748 e. The summed E-state index contributed by atoms with van der Waals surface area (Å²) in [5.74, 6) is 1.11. The monoisotopic (exact) mass is 292 g/mol. The summed E-state index contributed by atoms with van der Waals surface area (Å²) < 4.78 is 53.6. The van der Waals surface area contributed by atoms with E-state index in [1.54, 1.807) is 0 Å². The van der Waals surface area contributed by atoms with E-state index in [2.05, 4.69) is 6.26 Å². The number of hydrogen-bond acceptors (Lipinski definition) is 6. The van der Waals surface area contributed by atoms with Gasteiger partial charge in [0.15, 0.2) is 0 Å². The largest absolute Gasteiger partial charge is 0.748 e. The molecule has 0 aromatic carbocycles. The highest BCUT2D eigenvalue weighted by Gasteiger charge is 2.35. The van der Waals surface area contributed by atoms with Gasteiger partial charge >= 0.3 is 0 Å². The molecule has 9 heteroatoms. The van der Waals surface area contributed by atoms with Gasteiger partial charge in [0, 0.05) is 23.6 Å². The second-order valence-corrected chi connectivity index (χ2v) is 8.80. The van der Waals surface area contributed by atoms with Crippen LogP contribution in [0.15, 0.2) is 0 Å². The van der Waals surface area contributed by atoms with Crippen molar-refractivity contribution in [1.82, 2.24) is 0 Å². The Labute approximate surface area is 99.6 Å². The molecule has 1 saturated heterocycles. The highest BCUT2D eigenvalue weighted by molar-refractivity contribution is 7.97. The molecule has 1 rings (SSSR count). The van der Waals surface area contributed by atoms with E-state index >= 15 is 0 Å². The molecule has 2 unspecified atom stereocenters. The van der Waals surface area contributed by atoms with Crippen LogP contribution >= 0.6 is 0 Å². The Morgan fingerprint density at radius 1 is 1.25 bits per heavy atom. The number of rotatable bonds is 2.